The lowest BCUT2D eigenvalue weighted by atomic mass is 9.80. The van der Waals surface area contributed by atoms with Crippen LogP contribution >= 0.6 is 11.6 Å². The number of halogens is 2. The van der Waals surface area contributed by atoms with Crippen LogP contribution in [-0.4, -0.2) is 48.0 Å². The Kier molecular flexibility index (Phi) is 7.92. The van der Waals surface area contributed by atoms with Gasteiger partial charge in [-0.2, -0.15) is 0 Å². The molecule has 2 aromatic carbocycles. The number of aromatic nitrogens is 1. The van der Waals surface area contributed by atoms with Crippen molar-refractivity contribution < 1.29 is 14.3 Å². The van der Waals surface area contributed by atoms with E-state index >= 15 is 0 Å². The number of nitrogens with zero attached hydrogens (tertiary/aromatic N) is 2. The maximum absolute atomic E-state index is 14.1. The maximum Gasteiger partial charge on any atom is 0.170 e. The summed E-state index contributed by atoms with van der Waals surface area (Å²) in [5.41, 5.74) is 3.33. The van der Waals surface area contributed by atoms with E-state index in [0.29, 0.717) is 17.0 Å². The first-order chi connectivity index (χ1) is 16.7. The highest BCUT2D eigenvalue weighted by Gasteiger charge is 2.22. The van der Waals surface area contributed by atoms with Gasteiger partial charge in [-0.3, -0.25) is 9.78 Å². The fraction of sp³-hybridized carbons (Fsp3) is 0.429. The van der Waals surface area contributed by atoms with Crippen molar-refractivity contribution >= 4 is 34.0 Å². The number of benzene rings is 2. The van der Waals surface area contributed by atoms with Gasteiger partial charge in [0.05, 0.1) is 21.8 Å². The summed E-state index contributed by atoms with van der Waals surface area (Å²) in [6, 6.07) is 8.38. The fourth-order valence-corrected chi connectivity index (χ4v) is 5.18. The van der Waals surface area contributed by atoms with E-state index in [1.165, 1.54) is 44.2 Å². The summed E-state index contributed by atoms with van der Waals surface area (Å²) in [7, 11) is 4.25. The predicted octanol–water partition coefficient (Wildman–Crippen LogP) is 6.77. The molecule has 1 aliphatic carbocycles. The molecular weight excluding hydrogens is 465 g/mol. The van der Waals surface area contributed by atoms with Crippen molar-refractivity contribution in [2.75, 3.05) is 32.5 Å². The number of aromatic hydroxyl groups is 1. The molecule has 0 bridgehead atoms. The third-order valence-corrected chi connectivity index (χ3v) is 7.40. The number of Topliss-reactive ketones (excluding diaryl/α,β-unsaturated/α-hetero) is 1. The van der Waals surface area contributed by atoms with E-state index in [2.05, 4.69) is 29.3 Å². The van der Waals surface area contributed by atoms with Gasteiger partial charge in [-0.1, -0.05) is 30.5 Å². The number of fused-ring (bicyclic) bond motifs is 1. The fourth-order valence-electron chi connectivity index (χ4n) is 4.97. The van der Waals surface area contributed by atoms with Gasteiger partial charge in [0.1, 0.15) is 0 Å². The van der Waals surface area contributed by atoms with E-state index in [1.54, 1.807) is 13.1 Å². The number of anilines is 1. The van der Waals surface area contributed by atoms with Crippen molar-refractivity contribution in [1.82, 2.24) is 9.88 Å². The number of phenols is 1. The molecule has 1 fully saturated rings. The third-order valence-electron chi connectivity index (χ3n) is 7.12. The average Bonchev–Trinajstić information content (AvgIpc) is 2.84. The molecule has 2 N–H and O–H groups in total. The average molecular weight is 498 g/mol. The number of hydrogen-bond donors (Lipinski definition) is 2. The Balaban J connectivity index is 1.58. The molecule has 35 heavy (non-hydrogen) atoms. The van der Waals surface area contributed by atoms with Crippen LogP contribution < -0.4 is 5.32 Å². The maximum atomic E-state index is 14.1. The number of hydrogen-bond acceptors (Lipinski definition) is 5. The minimum atomic E-state index is -0.775. The number of nitrogens with one attached hydrogen (secondary N) is 1. The van der Waals surface area contributed by atoms with Crippen LogP contribution in [0.3, 0.4) is 0 Å². The van der Waals surface area contributed by atoms with E-state index in [0.717, 1.165) is 41.2 Å². The summed E-state index contributed by atoms with van der Waals surface area (Å²) in [5.74, 6) is -0.0400. The lowest BCUT2D eigenvalue weighted by Gasteiger charge is -2.30. The summed E-state index contributed by atoms with van der Waals surface area (Å²) in [6.07, 6.45) is 7.73. The van der Waals surface area contributed by atoms with Crippen LogP contribution in [0.25, 0.3) is 22.0 Å². The minimum Gasteiger partial charge on any atom is -0.504 e. The second-order valence-electron chi connectivity index (χ2n) is 9.98. The molecule has 4 rings (SSSR count). The van der Waals surface area contributed by atoms with Crippen LogP contribution in [0.4, 0.5) is 10.1 Å². The highest BCUT2D eigenvalue weighted by atomic mass is 35.5. The smallest absolute Gasteiger partial charge is 0.170 e. The zero-order valence-electron chi connectivity index (χ0n) is 20.6. The largest absolute Gasteiger partial charge is 0.504 e. The van der Waals surface area contributed by atoms with E-state index in [4.69, 9.17) is 11.6 Å². The molecule has 0 aliphatic heterocycles. The third kappa shape index (κ3) is 5.93. The normalized spacial score (nSPS) is 18.2. The minimum absolute atomic E-state index is 0.0461. The lowest BCUT2D eigenvalue weighted by Crippen LogP contribution is -2.24. The molecule has 0 radical (unpaired) electrons. The molecule has 0 unspecified atom stereocenters. The molecule has 1 aliphatic rings. The quantitative estimate of drug-likeness (QED) is 0.336. The number of ketones is 1. The molecule has 1 saturated carbocycles. The van der Waals surface area contributed by atoms with Crippen molar-refractivity contribution in [2.24, 2.45) is 11.8 Å². The summed E-state index contributed by atoms with van der Waals surface area (Å²) in [6.45, 7) is 3.48. The van der Waals surface area contributed by atoms with Crippen molar-refractivity contribution in [1.29, 1.82) is 0 Å². The van der Waals surface area contributed by atoms with Crippen molar-refractivity contribution in [3.63, 3.8) is 0 Å². The summed E-state index contributed by atoms with van der Waals surface area (Å²) < 4.78 is 14.1. The van der Waals surface area contributed by atoms with E-state index in [-0.39, 0.29) is 10.8 Å². The molecule has 7 heteroatoms. The molecule has 0 saturated heterocycles. The van der Waals surface area contributed by atoms with Gasteiger partial charge in [-0.15, -0.1) is 0 Å². The van der Waals surface area contributed by atoms with E-state index < -0.39 is 11.6 Å². The van der Waals surface area contributed by atoms with Crippen LogP contribution in [0, 0.1) is 17.7 Å². The Morgan fingerprint density at radius 3 is 2.51 bits per heavy atom. The molecule has 1 aromatic heterocycles. The number of rotatable bonds is 8. The Morgan fingerprint density at radius 1 is 1.14 bits per heavy atom. The molecule has 5 nitrogen and oxygen atoms in total. The van der Waals surface area contributed by atoms with Crippen molar-refractivity contribution in [3.05, 3.63) is 52.9 Å². The first-order valence-electron chi connectivity index (χ1n) is 12.2. The van der Waals surface area contributed by atoms with Gasteiger partial charge in [-0.25, -0.2) is 4.39 Å². The zero-order valence-corrected chi connectivity index (χ0v) is 21.3. The standard InChI is InChI=1S/C28H33ClFN3O2/c1-17(34)23-16-31-26-9-8-20(21-13-24(29)28(35)25(30)14-21)12-22(26)27(23)32-15-19-6-4-18(5-7-19)10-11-33(2)3/h8-9,12-14,16,18-19,35H,4-7,10-11,15H2,1-3H3,(H,31,32). The van der Waals surface area contributed by atoms with E-state index in [9.17, 15) is 14.3 Å². The molecule has 3 aromatic rings. The van der Waals surface area contributed by atoms with Gasteiger partial charge < -0.3 is 15.3 Å². The monoisotopic (exact) mass is 497 g/mol. The first kappa shape index (κ1) is 25.4. The molecule has 0 amide bonds. The number of pyridine rings is 1. The summed E-state index contributed by atoms with van der Waals surface area (Å²) >= 11 is 6.00. The molecule has 0 atom stereocenters. The topological polar surface area (TPSA) is 65.5 Å². The predicted molar refractivity (Wildman–Crippen MR) is 141 cm³/mol. The van der Waals surface area contributed by atoms with Crippen LogP contribution in [0.5, 0.6) is 5.75 Å². The Labute approximate surface area is 211 Å². The number of carbonyl (C=O) groups excluding carboxylic acids is 1. The second-order valence-corrected chi connectivity index (χ2v) is 10.4. The van der Waals surface area contributed by atoms with Crippen LogP contribution in [-0.2, 0) is 0 Å². The lowest BCUT2D eigenvalue weighted by molar-refractivity contribution is 0.101. The van der Waals surface area contributed by atoms with Gasteiger partial charge in [0.25, 0.3) is 0 Å². The zero-order chi connectivity index (χ0) is 25.1. The van der Waals surface area contributed by atoms with Gasteiger partial charge in [0.2, 0.25) is 0 Å². The number of carbonyl (C=O) groups is 1. The van der Waals surface area contributed by atoms with Gasteiger partial charge in [-0.05, 0) is 94.1 Å². The van der Waals surface area contributed by atoms with Gasteiger partial charge >= 0.3 is 0 Å². The Morgan fingerprint density at radius 2 is 1.86 bits per heavy atom. The SMILES string of the molecule is CC(=O)c1cnc2ccc(-c3cc(F)c(O)c(Cl)c3)cc2c1NCC1CCC(CCN(C)C)CC1. The second kappa shape index (κ2) is 10.9. The van der Waals surface area contributed by atoms with Gasteiger partial charge in [0.15, 0.2) is 17.3 Å². The Hall–Kier alpha value is -2.70. The molecular formula is C28H33ClFN3O2. The van der Waals surface area contributed by atoms with Crippen LogP contribution in [0.15, 0.2) is 36.5 Å². The summed E-state index contributed by atoms with van der Waals surface area (Å²) in [5, 5.41) is 14.0. The highest BCUT2D eigenvalue weighted by molar-refractivity contribution is 6.32. The summed E-state index contributed by atoms with van der Waals surface area (Å²) in [4.78, 5) is 19.2. The van der Waals surface area contributed by atoms with Gasteiger partial charge in [0, 0.05) is 18.1 Å². The molecule has 186 valence electrons. The molecule has 1 heterocycles. The van der Waals surface area contributed by atoms with Crippen LogP contribution in [0.2, 0.25) is 5.02 Å². The Bertz CT molecular complexity index is 1200. The van der Waals surface area contributed by atoms with Crippen molar-refractivity contribution in [3.8, 4) is 16.9 Å². The van der Waals surface area contributed by atoms with Crippen molar-refractivity contribution in [2.45, 2.75) is 39.0 Å². The van der Waals surface area contributed by atoms with Crippen LogP contribution in [0.1, 0.15) is 49.4 Å². The first-order valence-corrected chi connectivity index (χ1v) is 12.6. The highest BCUT2D eigenvalue weighted by Crippen LogP contribution is 2.36. The number of phenolic OH excluding ortho intramolecular Hbond substituents is 1. The van der Waals surface area contributed by atoms with E-state index in [1.807, 2.05) is 18.2 Å². The molecule has 0 spiro atoms.